The van der Waals surface area contributed by atoms with Crippen molar-refractivity contribution in [1.29, 1.82) is 0 Å². The fraction of sp³-hybridized carbons (Fsp3) is 0.0625. The maximum absolute atomic E-state index is 13.4. The van der Waals surface area contributed by atoms with Crippen molar-refractivity contribution in [2.45, 2.75) is 6.42 Å². The molecule has 3 nitrogen and oxygen atoms in total. The number of rotatable bonds is 3. The van der Waals surface area contributed by atoms with E-state index in [9.17, 15) is 9.18 Å². The van der Waals surface area contributed by atoms with Gasteiger partial charge in [-0.05, 0) is 23.8 Å². The van der Waals surface area contributed by atoms with Gasteiger partial charge in [0, 0.05) is 6.42 Å². The SMILES string of the molecule is O=C(Cc1cccc(F)c1Cl)c1cnc2ccccc2n1. The number of carbonyl (C=O) groups excluding carboxylic acids is 1. The predicted molar refractivity (Wildman–Crippen MR) is 79.0 cm³/mol. The summed E-state index contributed by atoms with van der Waals surface area (Å²) in [5.74, 6) is -0.785. The zero-order valence-electron chi connectivity index (χ0n) is 10.9. The third kappa shape index (κ3) is 2.76. The molecule has 0 fully saturated rings. The van der Waals surface area contributed by atoms with Crippen LogP contribution in [-0.2, 0) is 6.42 Å². The van der Waals surface area contributed by atoms with E-state index in [1.807, 2.05) is 18.2 Å². The van der Waals surface area contributed by atoms with Gasteiger partial charge in [-0.15, -0.1) is 0 Å². The summed E-state index contributed by atoms with van der Waals surface area (Å²) in [6, 6.07) is 11.7. The maximum Gasteiger partial charge on any atom is 0.187 e. The van der Waals surface area contributed by atoms with Crippen LogP contribution in [0.3, 0.4) is 0 Å². The number of carbonyl (C=O) groups is 1. The van der Waals surface area contributed by atoms with Crippen molar-refractivity contribution in [3.05, 3.63) is 70.8 Å². The first-order valence-corrected chi connectivity index (χ1v) is 6.71. The average molecular weight is 301 g/mol. The van der Waals surface area contributed by atoms with Crippen molar-refractivity contribution in [2.75, 3.05) is 0 Å². The summed E-state index contributed by atoms with van der Waals surface area (Å²) in [5.41, 5.74) is 2.05. The molecular weight excluding hydrogens is 291 g/mol. The van der Waals surface area contributed by atoms with Gasteiger partial charge >= 0.3 is 0 Å². The van der Waals surface area contributed by atoms with Gasteiger partial charge in [-0.2, -0.15) is 0 Å². The summed E-state index contributed by atoms with van der Waals surface area (Å²) in [6.45, 7) is 0. The highest BCUT2D eigenvalue weighted by atomic mass is 35.5. The van der Waals surface area contributed by atoms with Crippen LogP contribution in [-0.4, -0.2) is 15.8 Å². The minimum absolute atomic E-state index is 0.0103. The van der Waals surface area contributed by atoms with E-state index in [2.05, 4.69) is 9.97 Å². The summed E-state index contributed by atoms with van der Waals surface area (Å²) in [5, 5.41) is -0.0281. The van der Waals surface area contributed by atoms with E-state index in [0.717, 1.165) is 5.52 Å². The van der Waals surface area contributed by atoms with E-state index in [1.54, 1.807) is 12.1 Å². The predicted octanol–water partition coefficient (Wildman–Crippen LogP) is 3.85. The van der Waals surface area contributed by atoms with Crippen molar-refractivity contribution in [3.63, 3.8) is 0 Å². The Kier molecular flexibility index (Phi) is 3.62. The number of hydrogen-bond donors (Lipinski definition) is 0. The molecule has 1 aromatic heterocycles. The second kappa shape index (κ2) is 5.58. The van der Waals surface area contributed by atoms with Crippen molar-refractivity contribution in [2.24, 2.45) is 0 Å². The Morgan fingerprint density at radius 3 is 2.67 bits per heavy atom. The Balaban J connectivity index is 1.91. The maximum atomic E-state index is 13.4. The number of benzene rings is 2. The minimum Gasteiger partial charge on any atom is -0.292 e. The zero-order valence-corrected chi connectivity index (χ0v) is 11.6. The molecular formula is C16H10ClFN2O. The van der Waals surface area contributed by atoms with Gasteiger partial charge in [-0.25, -0.2) is 9.37 Å². The monoisotopic (exact) mass is 300 g/mol. The highest BCUT2D eigenvalue weighted by Crippen LogP contribution is 2.21. The average Bonchev–Trinajstić information content (AvgIpc) is 2.51. The van der Waals surface area contributed by atoms with Crippen LogP contribution < -0.4 is 0 Å². The Labute approximate surface area is 125 Å². The third-order valence-corrected chi connectivity index (χ3v) is 3.54. The van der Waals surface area contributed by atoms with Crippen molar-refractivity contribution in [1.82, 2.24) is 9.97 Å². The molecule has 2 aromatic carbocycles. The minimum atomic E-state index is -0.536. The molecule has 0 radical (unpaired) electrons. The van der Waals surface area contributed by atoms with Crippen LogP contribution in [0.4, 0.5) is 4.39 Å². The van der Waals surface area contributed by atoms with E-state index >= 15 is 0 Å². The summed E-state index contributed by atoms with van der Waals surface area (Å²) < 4.78 is 13.4. The van der Waals surface area contributed by atoms with Crippen LogP contribution in [0.15, 0.2) is 48.7 Å². The number of halogens is 2. The molecule has 0 aliphatic carbocycles. The molecule has 0 bridgehead atoms. The van der Waals surface area contributed by atoms with E-state index < -0.39 is 5.82 Å². The van der Waals surface area contributed by atoms with Crippen molar-refractivity contribution >= 4 is 28.4 Å². The molecule has 0 saturated carbocycles. The van der Waals surface area contributed by atoms with Crippen molar-refractivity contribution < 1.29 is 9.18 Å². The van der Waals surface area contributed by atoms with E-state index in [4.69, 9.17) is 11.6 Å². The normalized spacial score (nSPS) is 10.8. The van der Waals surface area contributed by atoms with Crippen LogP contribution in [0.2, 0.25) is 5.02 Å². The first-order valence-electron chi connectivity index (χ1n) is 6.33. The molecule has 21 heavy (non-hydrogen) atoms. The van der Waals surface area contributed by atoms with Gasteiger partial charge in [0.1, 0.15) is 11.5 Å². The first-order chi connectivity index (χ1) is 10.1. The Morgan fingerprint density at radius 1 is 1.10 bits per heavy atom. The highest BCUT2D eigenvalue weighted by molar-refractivity contribution is 6.31. The van der Waals surface area contributed by atoms with Gasteiger partial charge in [0.25, 0.3) is 0 Å². The van der Waals surface area contributed by atoms with Gasteiger partial charge in [0.2, 0.25) is 0 Å². The summed E-state index contributed by atoms with van der Waals surface area (Å²) in [7, 11) is 0. The molecule has 3 aromatic rings. The molecule has 0 N–H and O–H groups in total. The van der Waals surface area contributed by atoms with Gasteiger partial charge < -0.3 is 0 Å². The quantitative estimate of drug-likeness (QED) is 0.690. The van der Waals surface area contributed by atoms with Gasteiger partial charge in [-0.1, -0.05) is 35.9 Å². The summed E-state index contributed by atoms with van der Waals surface area (Å²) in [6.07, 6.45) is 1.42. The molecule has 104 valence electrons. The second-order valence-electron chi connectivity index (χ2n) is 4.56. The fourth-order valence-corrected chi connectivity index (χ4v) is 2.23. The molecule has 0 spiro atoms. The zero-order chi connectivity index (χ0) is 14.8. The molecule has 0 atom stereocenters. The smallest absolute Gasteiger partial charge is 0.187 e. The van der Waals surface area contributed by atoms with Crippen molar-refractivity contribution in [3.8, 4) is 0 Å². The number of aromatic nitrogens is 2. The number of ketones is 1. The lowest BCUT2D eigenvalue weighted by Gasteiger charge is -2.05. The Bertz CT molecular complexity index is 835. The topological polar surface area (TPSA) is 42.9 Å². The number of nitrogens with zero attached hydrogens (tertiary/aromatic N) is 2. The molecule has 0 aliphatic rings. The van der Waals surface area contributed by atoms with E-state index in [1.165, 1.54) is 18.3 Å². The molecule has 0 unspecified atom stereocenters. The molecule has 0 aliphatic heterocycles. The summed E-state index contributed by atoms with van der Waals surface area (Å²) >= 11 is 5.86. The van der Waals surface area contributed by atoms with Crippen LogP contribution >= 0.6 is 11.6 Å². The molecule has 3 rings (SSSR count). The Hall–Kier alpha value is -2.33. The van der Waals surface area contributed by atoms with Crippen LogP contribution in [0.1, 0.15) is 16.1 Å². The molecule has 0 amide bonds. The van der Waals surface area contributed by atoms with E-state index in [0.29, 0.717) is 11.1 Å². The lowest BCUT2D eigenvalue weighted by atomic mass is 10.1. The largest absolute Gasteiger partial charge is 0.292 e. The molecule has 5 heteroatoms. The Morgan fingerprint density at radius 2 is 1.86 bits per heavy atom. The number of hydrogen-bond acceptors (Lipinski definition) is 3. The lowest BCUT2D eigenvalue weighted by molar-refractivity contribution is 0.0988. The number of fused-ring (bicyclic) bond motifs is 1. The molecule has 0 saturated heterocycles. The second-order valence-corrected chi connectivity index (χ2v) is 4.93. The number of para-hydroxylation sites is 2. The third-order valence-electron chi connectivity index (χ3n) is 3.12. The highest BCUT2D eigenvalue weighted by Gasteiger charge is 2.14. The van der Waals surface area contributed by atoms with Crippen LogP contribution in [0, 0.1) is 5.82 Å². The van der Waals surface area contributed by atoms with Gasteiger partial charge in [-0.3, -0.25) is 9.78 Å². The standard InChI is InChI=1S/C16H10ClFN2O/c17-16-10(4-3-5-11(16)18)8-15(21)14-9-19-12-6-1-2-7-13(12)20-14/h1-7,9H,8H2. The lowest BCUT2D eigenvalue weighted by Crippen LogP contribution is -2.07. The first kappa shape index (κ1) is 13.6. The fourth-order valence-electron chi connectivity index (χ4n) is 2.04. The molecule has 1 heterocycles. The number of Topliss-reactive ketones (excluding diaryl/α,β-unsaturated/α-hetero) is 1. The van der Waals surface area contributed by atoms with Crippen LogP contribution in [0.25, 0.3) is 11.0 Å². The van der Waals surface area contributed by atoms with Crippen LogP contribution in [0.5, 0.6) is 0 Å². The van der Waals surface area contributed by atoms with E-state index in [-0.39, 0.29) is 22.9 Å². The van der Waals surface area contributed by atoms with Gasteiger partial charge in [0.15, 0.2) is 5.78 Å². The summed E-state index contributed by atoms with van der Waals surface area (Å²) in [4.78, 5) is 20.7. The van der Waals surface area contributed by atoms with Gasteiger partial charge in [0.05, 0.1) is 22.3 Å².